The monoisotopic (exact) mass is 420 g/mol. The zero-order valence-corrected chi connectivity index (χ0v) is 16.6. The molecule has 3 atom stereocenters. The Kier molecular flexibility index (Phi) is 7.25. The SMILES string of the molecule is CCCC1CC1NC(=NC)N1CCC(CN2CCCC2)C1.I. The minimum absolute atomic E-state index is 0. The van der Waals surface area contributed by atoms with Crippen LogP contribution in [-0.4, -0.2) is 61.6 Å². The fourth-order valence-corrected chi connectivity index (χ4v) is 4.08. The summed E-state index contributed by atoms with van der Waals surface area (Å²) in [5, 5.41) is 3.69. The molecule has 0 aromatic carbocycles. The first-order chi connectivity index (χ1) is 10.3. The molecule has 22 heavy (non-hydrogen) atoms. The van der Waals surface area contributed by atoms with Crippen molar-refractivity contribution < 1.29 is 0 Å². The van der Waals surface area contributed by atoms with Crippen molar-refractivity contribution >= 4 is 29.9 Å². The Hall–Kier alpha value is -0.0400. The summed E-state index contributed by atoms with van der Waals surface area (Å²) >= 11 is 0. The first-order valence-corrected chi connectivity index (χ1v) is 9.00. The first-order valence-electron chi connectivity index (χ1n) is 9.00. The molecule has 3 rings (SSSR count). The minimum atomic E-state index is 0. The van der Waals surface area contributed by atoms with Crippen LogP contribution in [0.2, 0.25) is 0 Å². The summed E-state index contributed by atoms with van der Waals surface area (Å²) in [5.41, 5.74) is 0. The van der Waals surface area contributed by atoms with E-state index in [0.717, 1.165) is 17.8 Å². The van der Waals surface area contributed by atoms with Gasteiger partial charge in [-0.05, 0) is 57.0 Å². The fourth-order valence-electron chi connectivity index (χ4n) is 4.08. The summed E-state index contributed by atoms with van der Waals surface area (Å²) in [7, 11) is 1.94. The fraction of sp³-hybridized carbons (Fsp3) is 0.941. The highest BCUT2D eigenvalue weighted by Crippen LogP contribution is 2.34. The first kappa shape index (κ1) is 18.3. The molecule has 128 valence electrons. The molecule has 0 bridgehead atoms. The van der Waals surface area contributed by atoms with E-state index in [-0.39, 0.29) is 24.0 Å². The molecule has 2 saturated heterocycles. The molecule has 2 heterocycles. The highest BCUT2D eigenvalue weighted by molar-refractivity contribution is 14.0. The van der Waals surface area contributed by atoms with Gasteiger partial charge in [0.15, 0.2) is 5.96 Å². The molecule has 0 radical (unpaired) electrons. The van der Waals surface area contributed by atoms with Crippen molar-refractivity contribution in [3.05, 3.63) is 0 Å². The lowest BCUT2D eigenvalue weighted by molar-refractivity contribution is 0.281. The molecule has 0 aromatic heterocycles. The van der Waals surface area contributed by atoms with Crippen molar-refractivity contribution in [1.29, 1.82) is 0 Å². The Balaban J connectivity index is 0.00000176. The summed E-state index contributed by atoms with van der Waals surface area (Å²) in [6.45, 7) is 8.61. The Morgan fingerprint density at radius 3 is 2.68 bits per heavy atom. The van der Waals surface area contributed by atoms with Gasteiger partial charge in [0.1, 0.15) is 0 Å². The van der Waals surface area contributed by atoms with Crippen LogP contribution in [0.4, 0.5) is 0 Å². The van der Waals surface area contributed by atoms with Crippen molar-refractivity contribution in [3.8, 4) is 0 Å². The summed E-state index contributed by atoms with van der Waals surface area (Å²) < 4.78 is 0. The summed E-state index contributed by atoms with van der Waals surface area (Å²) in [6, 6.07) is 0.696. The van der Waals surface area contributed by atoms with Gasteiger partial charge >= 0.3 is 0 Å². The molecule has 0 amide bonds. The molecule has 3 aliphatic rings. The van der Waals surface area contributed by atoms with Gasteiger partial charge in [0.2, 0.25) is 0 Å². The van der Waals surface area contributed by atoms with Gasteiger partial charge in [0.25, 0.3) is 0 Å². The molecular formula is C17H33IN4. The van der Waals surface area contributed by atoms with E-state index in [2.05, 4.69) is 27.0 Å². The highest BCUT2D eigenvalue weighted by atomic mass is 127. The average Bonchev–Trinajstić information content (AvgIpc) is 2.91. The van der Waals surface area contributed by atoms with Gasteiger partial charge in [-0.25, -0.2) is 0 Å². The van der Waals surface area contributed by atoms with Crippen molar-refractivity contribution in [2.75, 3.05) is 39.8 Å². The second kappa shape index (κ2) is 8.71. The second-order valence-corrected chi connectivity index (χ2v) is 7.19. The van der Waals surface area contributed by atoms with Crippen LogP contribution in [0, 0.1) is 11.8 Å². The molecule has 0 spiro atoms. The number of likely N-dealkylation sites (tertiary alicyclic amines) is 2. The molecule has 2 aliphatic heterocycles. The lowest BCUT2D eigenvalue weighted by atomic mass is 10.1. The second-order valence-electron chi connectivity index (χ2n) is 7.19. The molecule has 3 unspecified atom stereocenters. The Morgan fingerprint density at radius 1 is 1.23 bits per heavy atom. The van der Waals surface area contributed by atoms with Crippen LogP contribution in [0.1, 0.15) is 45.4 Å². The number of hydrogen-bond acceptors (Lipinski definition) is 2. The van der Waals surface area contributed by atoms with Gasteiger partial charge in [0, 0.05) is 32.7 Å². The molecule has 3 fully saturated rings. The van der Waals surface area contributed by atoms with Crippen LogP contribution < -0.4 is 5.32 Å². The molecule has 1 saturated carbocycles. The van der Waals surface area contributed by atoms with Crippen LogP contribution in [0.25, 0.3) is 0 Å². The number of nitrogens with zero attached hydrogens (tertiary/aromatic N) is 3. The average molecular weight is 420 g/mol. The van der Waals surface area contributed by atoms with E-state index in [1.54, 1.807) is 0 Å². The smallest absolute Gasteiger partial charge is 0.193 e. The van der Waals surface area contributed by atoms with E-state index < -0.39 is 0 Å². The summed E-state index contributed by atoms with van der Waals surface area (Å²) in [5.74, 6) is 2.89. The van der Waals surface area contributed by atoms with Crippen LogP contribution in [0.3, 0.4) is 0 Å². The van der Waals surface area contributed by atoms with E-state index in [0.29, 0.717) is 6.04 Å². The maximum absolute atomic E-state index is 4.53. The zero-order chi connectivity index (χ0) is 14.7. The zero-order valence-electron chi connectivity index (χ0n) is 14.3. The van der Waals surface area contributed by atoms with Crippen LogP contribution in [-0.2, 0) is 0 Å². The van der Waals surface area contributed by atoms with Crippen molar-refractivity contribution in [2.45, 2.75) is 51.5 Å². The summed E-state index contributed by atoms with van der Waals surface area (Å²) in [6.07, 6.45) is 8.16. The van der Waals surface area contributed by atoms with Crippen LogP contribution in [0.15, 0.2) is 4.99 Å². The summed E-state index contributed by atoms with van der Waals surface area (Å²) in [4.78, 5) is 9.67. The third kappa shape index (κ3) is 4.73. The number of hydrogen-bond donors (Lipinski definition) is 1. The van der Waals surface area contributed by atoms with Gasteiger partial charge in [-0.2, -0.15) is 0 Å². The lowest BCUT2D eigenvalue weighted by Crippen LogP contribution is -2.42. The number of halogens is 1. The number of nitrogens with one attached hydrogen (secondary N) is 1. The Labute approximate surface area is 153 Å². The molecule has 0 aromatic rings. The number of aliphatic imine (C=N–C) groups is 1. The van der Waals surface area contributed by atoms with Gasteiger partial charge in [-0.3, -0.25) is 4.99 Å². The van der Waals surface area contributed by atoms with Crippen LogP contribution in [0.5, 0.6) is 0 Å². The van der Waals surface area contributed by atoms with Crippen molar-refractivity contribution in [2.24, 2.45) is 16.8 Å². The molecule has 4 nitrogen and oxygen atoms in total. The molecular weight excluding hydrogens is 387 g/mol. The molecule has 5 heteroatoms. The Morgan fingerprint density at radius 2 is 2.00 bits per heavy atom. The predicted molar refractivity (Wildman–Crippen MR) is 104 cm³/mol. The maximum atomic E-state index is 4.53. The maximum Gasteiger partial charge on any atom is 0.193 e. The van der Waals surface area contributed by atoms with Crippen molar-refractivity contribution in [3.63, 3.8) is 0 Å². The third-order valence-corrected chi connectivity index (χ3v) is 5.41. The lowest BCUT2D eigenvalue weighted by Gasteiger charge is -2.23. The van der Waals surface area contributed by atoms with E-state index in [1.165, 1.54) is 71.2 Å². The quantitative estimate of drug-likeness (QED) is 0.422. The third-order valence-electron chi connectivity index (χ3n) is 5.41. The van der Waals surface area contributed by atoms with E-state index >= 15 is 0 Å². The normalized spacial score (nSPS) is 32.2. The number of guanidine groups is 1. The van der Waals surface area contributed by atoms with Gasteiger partial charge in [-0.1, -0.05) is 13.3 Å². The topological polar surface area (TPSA) is 30.9 Å². The van der Waals surface area contributed by atoms with E-state index in [4.69, 9.17) is 0 Å². The molecule has 1 aliphatic carbocycles. The standard InChI is InChI=1S/C17H32N4.HI/c1-3-6-15-11-16(15)19-17(18-2)21-10-7-14(13-21)12-20-8-4-5-9-20;/h14-16H,3-13H2,1-2H3,(H,18,19);1H. The molecule has 1 N–H and O–H groups in total. The predicted octanol–water partition coefficient (Wildman–Crippen LogP) is 2.79. The van der Waals surface area contributed by atoms with E-state index in [9.17, 15) is 0 Å². The van der Waals surface area contributed by atoms with Gasteiger partial charge in [0.05, 0.1) is 0 Å². The Bertz CT molecular complexity index is 368. The number of rotatable bonds is 5. The largest absolute Gasteiger partial charge is 0.353 e. The highest BCUT2D eigenvalue weighted by Gasteiger charge is 2.38. The van der Waals surface area contributed by atoms with Gasteiger partial charge in [-0.15, -0.1) is 24.0 Å². The van der Waals surface area contributed by atoms with Crippen molar-refractivity contribution in [1.82, 2.24) is 15.1 Å². The minimum Gasteiger partial charge on any atom is -0.353 e. The van der Waals surface area contributed by atoms with Gasteiger partial charge < -0.3 is 15.1 Å². The van der Waals surface area contributed by atoms with E-state index in [1.807, 2.05) is 7.05 Å². The van der Waals surface area contributed by atoms with Crippen LogP contribution >= 0.6 is 24.0 Å².